The molecule has 0 radical (unpaired) electrons. The number of benzene rings is 1. The van der Waals surface area contributed by atoms with Crippen molar-refractivity contribution >= 4 is 29.9 Å². The van der Waals surface area contributed by atoms with Gasteiger partial charge in [0, 0.05) is 36.8 Å². The maximum Gasteiger partial charge on any atom is 0.249 e. The number of anilines is 2. The van der Waals surface area contributed by atoms with Crippen molar-refractivity contribution in [2.75, 3.05) is 23.8 Å². The molecular weight excluding hydrogens is 431 g/mol. The van der Waals surface area contributed by atoms with Crippen molar-refractivity contribution in [2.24, 2.45) is 5.73 Å². The van der Waals surface area contributed by atoms with Crippen LogP contribution >= 0.6 is 12.4 Å². The molecule has 3 rings (SSSR count). The molecule has 1 aliphatic carbocycles. The minimum absolute atomic E-state index is 0. The lowest BCUT2D eigenvalue weighted by Gasteiger charge is -2.31. The maximum absolute atomic E-state index is 14.4. The Hall–Kier alpha value is -2.55. The number of primary amides is 1. The van der Waals surface area contributed by atoms with Crippen molar-refractivity contribution in [3.8, 4) is 0 Å². The lowest BCUT2D eigenvalue weighted by molar-refractivity contribution is 0.0997. The Bertz CT molecular complexity index is 951. The summed E-state index contributed by atoms with van der Waals surface area (Å²) in [4.78, 5) is 22.5. The number of carbonyl (C=O) groups is 1. The van der Waals surface area contributed by atoms with Gasteiger partial charge >= 0.3 is 0 Å². The largest absolute Gasteiger partial charge is 0.367 e. The first-order chi connectivity index (χ1) is 14.2. The van der Waals surface area contributed by atoms with Crippen LogP contribution in [0.25, 0.3) is 0 Å². The third kappa shape index (κ3) is 5.39. The molecule has 1 fully saturated rings. The summed E-state index contributed by atoms with van der Waals surface area (Å²) in [7, 11) is 1.95. The van der Waals surface area contributed by atoms with Crippen molar-refractivity contribution < 1.29 is 18.0 Å². The van der Waals surface area contributed by atoms with E-state index in [0.717, 1.165) is 12.4 Å². The summed E-state index contributed by atoms with van der Waals surface area (Å²) in [5, 5.41) is 3.39. The number of nitrogens with one attached hydrogen (secondary N) is 1. The third-order valence-electron chi connectivity index (χ3n) is 5.64. The van der Waals surface area contributed by atoms with Crippen molar-refractivity contribution in [3.05, 3.63) is 46.5 Å². The van der Waals surface area contributed by atoms with E-state index >= 15 is 0 Å². The summed E-state index contributed by atoms with van der Waals surface area (Å²) in [5.74, 6) is -3.50. The van der Waals surface area contributed by atoms with Crippen LogP contribution in [-0.2, 0) is 0 Å². The van der Waals surface area contributed by atoms with Gasteiger partial charge in [-0.25, -0.2) is 23.1 Å². The number of hydrogen-bond acceptors (Lipinski definition) is 5. The highest BCUT2D eigenvalue weighted by atomic mass is 35.5. The molecule has 1 amide bonds. The zero-order chi connectivity index (χ0) is 22.0. The Balaban J connectivity index is 0.00000341. The maximum atomic E-state index is 14.4. The van der Waals surface area contributed by atoms with E-state index in [1.807, 2.05) is 31.9 Å². The Morgan fingerprint density at radius 3 is 2.39 bits per heavy atom. The summed E-state index contributed by atoms with van der Waals surface area (Å²) in [6.45, 7) is 4.67. The lowest BCUT2D eigenvalue weighted by Crippen LogP contribution is -2.28. The summed E-state index contributed by atoms with van der Waals surface area (Å²) in [6.07, 6.45) is 2.32. The summed E-state index contributed by atoms with van der Waals surface area (Å²) in [5.41, 5.74) is 4.87. The van der Waals surface area contributed by atoms with Gasteiger partial charge < -0.3 is 16.0 Å². The molecule has 2 aromatic rings. The number of rotatable bonds is 6. The zero-order valence-electron chi connectivity index (χ0n) is 17.7. The summed E-state index contributed by atoms with van der Waals surface area (Å²) in [6, 6.07) is 2.65. The molecular formula is C21H27ClF3N5O. The average molecular weight is 458 g/mol. The van der Waals surface area contributed by atoms with E-state index < -0.39 is 29.3 Å². The number of nitrogens with zero attached hydrogens (tertiary/aromatic N) is 3. The van der Waals surface area contributed by atoms with Crippen LogP contribution in [0.1, 0.15) is 60.3 Å². The molecule has 6 nitrogen and oxygen atoms in total. The van der Waals surface area contributed by atoms with E-state index in [-0.39, 0.29) is 29.6 Å². The van der Waals surface area contributed by atoms with E-state index in [1.54, 1.807) is 0 Å². The Labute approximate surface area is 185 Å². The second-order valence-electron chi connectivity index (χ2n) is 7.68. The fourth-order valence-corrected chi connectivity index (χ4v) is 3.93. The molecule has 0 atom stereocenters. The highest BCUT2D eigenvalue weighted by Gasteiger charge is 2.31. The van der Waals surface area contributed by atoms with Gasteiger partial charge in [-0.05, 0) is 51.5 Å². The van der Waals surface area contributed by atoms with Crippen molar-refractivity contribution in [2.45, 2.75) is 51.5 Å². The summed E-state index contributed by atoms with van der Waals surface area (Å²) >= 11 is 0. The molecule has 0 spiro atoms. The molecule has 1 aliphatic rings. The highest BCUT2D eigenvalue weighted by molar-refractivity contribution is 5.94. The molecule has 1 aromatic carbocycles. The van der Waals surface area contributed by atoms with Gasteiger partial charge in [0.25, 0.3) is 0 Å². The number of halogens is 4. The number of aromatic nitrogens is 2. The van der Waals surface area contributed by atoms with Crippen LogP contribution in [0.3, 0.4) is 0 Å². The second kappa shape index (κ2) is 10.2. The SMILES string of the molecule is CCN(C)c1cc(NC2CCC(c3c(C(N)=O)cc(F)c(F)c3F)CC2)nc(C)n1.Cl. The predicted octanol–water partition coefficient (Wildman–Crippen LogP) is 4.32. The molecule has 1 aromatic heterocycles. The summed E-state index contributed by atoms with van der Waals surface area (Å²) < 4.78 is 41.8. The minimum Gasteiger partial charge on any atom is -0.367 e. The molecule has 1 heterocycles. The van der Waals surface area contributed by atoms with Crippen LogP contribution in [-0.4, -0.2) is 35.5 Å². The van der Waals surface area contributed by atoms with Gasteiger partial charge in [0.15, 0.2) is 17.5 Å². The Morgan fingerprint density at radius 1 is 1.16 bits per heavy atom. The normalized spacial score (nSPS) is 18.3. The Kier molecular flexibility index (Phi) is 8.11. The van der Waals surface area contributed by atoms with Gasteiger partial charge in [-0.2, -0.15) is 0 Å². The smallest absolute Gasteiger partial charge is 0.249 e. The topological polar surface area (TPSA) is 84.1 Å². The fraction of sp³-hybridized carbons (Fsp3) is 0.476. The number of nitrogens with two attached hydrogens (primary N) is 1. The van der Waals surface area contributed by atoms with Crippen LogP contribution < -0.4 is 16.0 Å². The monoisotopic (exact) mass is 457 g/mol. The molecule has 31 heavy (non-hydrogen) atoms. The number of aryl methyl sites for hydroxylation is 1. The van der Waals surface area contributed by atoms with Gasteiger partial charge in [-0.1, -0.05) is 0 Å². The zero-order valence-corrected chi connectivity index (χ0v) is 18.5. The quantitative estimate of drug-likeness (QED) is 0.631. The van der Waals surface area contributed by atoms with Crippen molar-refractivity contribution in [3.63, 3.8) is 0 Å². The van der Waals surface area contributed by atoms with Gasteiger partial charge in [0.1, 0.15) is 17.5 Å². The average Bonchev–Trinajstić information content (AvgIpc) is 2.71. The third-order valence-corrected chi connectivity index (χ3v) is 5.64. The highest BCUT2D eigenvalue weighted by Crippen LogP contribution is 2.38. The van der Waals surface area contributed by atoms with Gasteiger partial charge in [0.05, 0.1) is 0 Å². The van der Waals surface area contributed by atoms with Crippen molar-refractivity contribution in [1.82, 2.24) is 9.97 Å². The lowest BCUT2D eigenvalue weighted by atomic mass is 9.79. The van der Waals surface area contributed by atoms with Crippen LogP contribution in [0.15, 0.2) is 12.1 Å². The van der Waals surface area contributed by atoms with Crippen LogP contribution in [0, 0.1) is 24.4 Å². The van der Waals surface area contributed by atoms with E-state index in [9.17, 15) is 18.0 Å². The first-order valence-corrected chi connectivity index (χ1v) is 10.0. The first-order valence-electron chi connectivity index (χ1n) is 10.0. The minimum atomic E-state index is -1.57. The van der Waals surface area contributed by atoms with E-state index in [0.29, 0.717) is 43.4 Å². The fourth-order valence-electron chi connectivity index (χ4n) is 3.93. The molecule has 0 saturated heterocycles. The molecule has 1 saturated carbocycles. The first kappa shape index (κ1) is 24.7. The van der Waals surface area contributed by atoms with Crippen LogP contribution in [0.5, 0.6) is 0 Å². The Morgan fingerprint density at radius 2 is 1.81 bits per heavy atom. The number of amides is 1. The van der Waals surface area contributed by atoms with Crippen LogP contribution in [0.2, 0.25) is 0 Å². The number of hydrogen-bond donors (Lipinski definition) is 2. The van der Waals surface area contributed by atoms with Gasteiger partial charge in [-0.3, -0.25) is 4.79 Å². The van der Waals surface area contributed by atoms with Crippen molar-refractivity contribution in [1.29, 1.82) is 0 Å². The van der Waals surface area contributed by atoms with E-state index in [2.05, 4.69) is 15.3 Å². The number of carbonyl (C=O) groups excluding carboxylic acids is 1. The van der Waals surface area contributed by atoms with E-state index in [4.69, 9.17) is 5.73 Å². The molecule has 0 aliphatic heterocycles. The predicted molar refractivity (Wildman–Crippen MR) is 116 cm³/mol. The molecule has 0 bridgehead atoms. The van der Waals surface area contributed by atoms with Gasteiger partial charge in [0.2, 0.25) is 5.91 Å². The van der Waals surface area contributed by atoms with Crippen LogP contribution in [0.4, 0.5) is 24.8 Å². The molecule has 170 valence electrons. The molecule has 3 N–H and O–H groups in total. The second-order valence-corrected chi connectivity index (χ2v) is 7.68. The van der Waals surface area contributed by atoms with E-state index in [1.165, 1.54) is 0 Å². The molecule has 0 unspecified atom stereocenters. The van der Waals surface area contributed by atoms with Gasteiger partial charge in [-0.15, -0.1) is 12.4 Å². The molecule has 10 heteroatoms. The standard InChI is InChI=1S/C21H26F3N5O.ClH/c1-4-29(3)17-10-16(26-11(2)27-17)28-13-7-5-12(6-8-13)18-14(21(25)30)9-15(22)19(23)20(18)24;/h9-10,12-13H,4-8H2,1-3H3,(H2,25,30)(H,26,27,28);1H.